The van der Waals surface area contributed by atoms with Crippen LogP contribution in [0.25, 0.3) is 11.0 Å². The number of thioether (sulfide) groups is 1. The molecule has 0 aliphatic heterocycles. The van der Waals surface area contributed by atoms with E-state index in [1.807, 2.05) is 55.5 Å². The molecular formula is C27H34N2O3S. The van der Waals surface area contributed by atoms with E-state index in [0.717, 1.165) is 34.8 Å². The van der Waals surface area contributed by atoms with Crippen LogP contribution < -0.4 is 0 Å². The number of ether oxygens (including phenoxy) is 1. The van der Waals surface area contributed by atoms with Gasteiger partial charge in [0.1, 0.15) is 0 Å². The number of imidazole rings is 1. The number of aromatic nitrogens is 2. The summed E-state index contributed by atoms with van der Waals surface area (Å²) in [5.74, 6) is 0.996. The highest BCUT2D eigenvalue weighted by atomic mass is 32.2. The molecule has 0 atom stereocenters. The first-order valence-corrected chi connectivity index (χ1v) is 13.0. The van der Waals surface area contributed by atoms with Crippen molar-refractivity contribution in [3.8, 4) is 0 Å². The van der Waals surface area contributed by atoms with Gasteiger partial charge in [0.25, 0.3) is 0 Å². The number of benzene rings is 2. The average molecular weight is 467 g/mol. The highest BCUT2D eigenvalue weighted by Gasteiger charge is 2.11. The molecule has 3 aromatic rings. The van der Waals surface area contributed by atoms with Crippen LogP contribution in [0.3, 0.4) is 0 Å². The number of rotatable bonds is 15. The van der Waals surface area contributed by atoms with Crippen LogP contribution in [0.4, 0.5) is 0 Å². The van der Waals surface area contributed by atoms with Gasteiger partial charge in [0.2, 0.25) is 0 Å². The van der Waals surface area contributed by atoms with Gasteiger partial charge in [-0.2, -0.15) is 0 Å². The smallest absolute Gasteiger partial charge is 0.305 e. The molecule has 0 aliphatic carbocycles. The Hall–Kier alpha value is -2.60. The Morgan fingerprint density at radius 3 is 2.30 bits per heavy atom. The van der Waals surface area contributed by atoms with Crippen molar-refractivity contribution in [2.45, 2.75) is 69.9 Å². The Bertz CT molecular complexity index is 1020. The molecule has 0 spiro atoms. The van der Waals surface area contributed by atoms with E-state index in [2.05, 4.69) is 9.97 Å². The molecule has 0 saturated carbocycles. The van der Waals surface area contributed by atoms with E-state index >= 15 is 0 Å². The fourth-order valence-electron chi connectivity index (χ4n) is 3.79. The molecule has 0 bridgehead atoms. The molecule has 0 aliphatic rings. The first-order chi connectivity index (χ1) is 16.2. The summed E-state index contributed by atoms with van der Waals surface area (Å²) < 4.78 is 4.94. The summed E-state index contributed by atoms with van der Waals surface area (Å²) in [5, 5.41) is 0.913. The molecule has 1 N–H and O–H groups in total. The van der Waals surface area contributed by atoms with Crippen LogP contribution in [0.1, 0.15) is 80.6 Å². The monoisotopic (exact) mass is 466 g/mol. The van der Waals surface area contributed by atoms with Gasteiger partial charge in [0.05, 0.1) is 17.6 Å². The van der Waals surface area contributed by atoms with E-state index in [1.54, 1.807) is 11.8 Å². The second-order valence-corrected chi connectivity index (χ2v) is 9.28. The number of fused-ring (bicyclic) bond motifs is 1. The molecule has 1 heterocycles. The molecule has 0 radical (unpaired) electrons. The number of unbranched alkanes of at least 4 members (excludes halogenated alkanes) is 7. The van der Waals surface area contributed by atoms with Crippen LogP contribution in [-0.2, 0) is 9.53 Å². The van der Waals surface area contributed by atoms with Crippen molar-refractivity contribution in [1.29, 1.82) is 0 Å². The quantitative estimate of drug-likeness (QED) is 0.113. The number of esters is 1. The molecule has 0 amide bonds. The van der Waals surface area contributed by atoms with Crippen molar-refractivity contribution in [3.05, 3.63) is 59.7 Å². The Balaban J connectivity index is 1.30. The van der Waals surface area contributed by atoms with Gasteiger partial charge < -0.3 is 9.72 Å². The second kappa shape index (κ2) is 13.8. The van der Waals surface area contributed by atoms with E-state index in [-0.39, 0.29) is 11.8 Å². The fraction of sp³-hybridized carbons (Fsp3) is 0.444. The second-order valence-electron chi connectivity index (χ2n) is 8.20. The minimum Gasteiger partial charge on any atom is -0.466 e. The lowest BCUT2D eigenvalue weighted by atomic mass is 10.0. The number of hydrogen-bond donors (Lipinski definition) is 1. The molecule has 5 nitrogen and oxygen atoms in total. The summed E-state index contributed by atoms with van der Waals surface area (Å²) in [6, 6.07) is 15.0. The van der Waals surface area contributed by atoms with Crippen LogP contribution in [0.2, 0.25) is 0 Å². The fourth-order valence-corrected chi connectivity index (χ4v) is 4.67. The summed E-state index contributed by atoms with van der Waals surface area (Å²) in [5.41, 5.74) is 3.17. The number of nitrogens with one attached hydrogen (secondary N) is 1. The van der Waals surface area contributed by atoms with Crippen molar-refractivity contribution < 1.29 is 14.3 Å². The van der Waals surface area contributed by atoms with Gasteiger partial charge >= 0.3 is 5.97 Å². The Morgan fingerprint density at radius 2 is 1.58 bits per heavy atom. The van der Waals surface area contributed by atoms with Gasteiger partial charge in [-0.3, -0.25) is 9.59 Å². The predicted molar refractivity (Wildman–Crippen MR) is 135 cm³/mol. The Morgan fingerprint density at radius 1 is 0.879 bits per heavy atom. The summed E-state index contributed by atoms with van der Waals surface area (Å²) in [6.45, 7) is 2.32. The van der Waals surface area contributed by atoms with Crippen molar-refractivity contribution in [2.24, 2.45) is 0 Å². The number of hydrogen-bond acceptors (Lipinski definition) is 5. The predicted octanol–water partition coefficient (Wildman–Crippen LogP) is 6.96. The van der Waals surface area contributed by atoms with Crippen LogP contribution in [0.5, 0.6) is 0 Å². The first kappa shape index (κ1) is 25.0. The van der Waals surface area contributed by atoms with Gasteiger partial charge in [-0.1, -0.05) is 80.6 Å². The maximum Gasteiger partial charge on any atom is 0.305 e. The average Bonchev–Trinajstić information content (AvgIpc) is 3.25. The van der Waals surface area contributed by atoms with Crippen LogP contribution in [0, 0.1) is 0 Å². The maximum absolute atomic E-state index is 12.7. The van der Waals surface area contributed by atoms with E-state index < -0.39 is 0 Å². The van der Waals surface area contributed by atoms with Crippen LogP contribution in [-0.4, -0.2) is 34.1 Å². The molecule has 3 rings (SSSR count). The van der Waals surface area contributed by atoms with Crippen molar-refractivity contribution in [2.75, 3.05) is 12.4 Å². The Kier molecular flexibility index (Phi) is 10.5. The lowest BCUT2D eigenvalue weighted by molar-refractivity contribution is -0.143. The Labute approximate surface area is 200 Å². The third-order valence-corrected chi connectivity index (χ3v) is 6.54. The number of aromatic amines is 1. The van der Waals surface area contributed by atoms with Crippen molar-refractivity contribution in [3.63, 3.8) is 0 Å². The summed E-state index contributed by atoms with van der Waals surface area (Å²) in [6.07, 6.45) is 9.95. The molecule has 1 aromatic heterocycles. The maximum atomic E-state index is 12.7. The van der Waals surface area contributed by atoms with Gasteiger partial charge in [-0.25, -0.2) is 4.98 Å². The van der Waals surface area contributed by atoms with E-state index in [4.69, 9.17) is 4.74 Å². The van der Waals surface area contributed by atoms with Gasteiger partial charge in [-0.05, 0) is 38.0 Å². The zero-order valence-electron chi connectivity index (χ0n) is 19.5. The molecular weight excluding hydrogens is 432 g/mol. The lowest BCUT2D eigenvalue weighted by Gasteiger charge is -2.03. The first-order valence-electron chi connectivity index (χ1n) is 12.1. The normalized spacial score (nSPS) is 11.1. The molecule has 176 valence electrons. The topological polar surface area (TPSA) is 72.0 Å². The summed E-state index contributed by atoms with van der Waals surface area (Å²) >= 11 is 1.74. The third kappa shape index (κ3) is 8.35. The largest absolute Gasteiger partial charge is 0.466 e. The van der Waals surface area contributed by atoms with Gasteiger partial charge in [0.15, 0.2) is 10.9 Å². The summed E-state index contributed by atoms with van der Waals surface area (Å²) in [4.78, 5) is 31.9. The van der Waals surface area contributed by atoms with Crippen LogP contribution in [0.15, 0.2) is 53.7 Å². The van der Waals surface area contributed by atoms with E-state index in [9.17, 15) is 9.59 Å². The van der Waals surface area contributed by atoms with Gasteiger partial charge in [-0.15, -0.1) is 0 Å². The van der Waals surface area contributed by atoms with Crippen molar-refractivity contribution >= 4 is 34.5 Å². The third-order valence-electron chi connectivity index (χ3n) is 5.58. The summed E-state index contributed by atoms with van der Waals surface area (Å²) in [7, 11) is 0. The lowest BCUT2D eigenvalue weighted by Crippen LogP contribution is -2.03. The molecule has 0 unspecified atom stereocenters. The molecule has 0 fully saturated rings. The van der Waals surface area contributed by atoms with Gasteiger partial charge in [0, 0.05) is 23.3 Å². The number of carbonyl (C=O) groups is 2. The molecule has 2 aromatic carbocycles. The SMILES string of the molecule is CCOC(=O)CCCCCCCCCCSc1nc2ccc(C(=O)c3ccccc3)cc2[nH]1. The number of ketones is 1. The van der Waals surface area contributed by atoms with Crippen LogP contribution >= 0.6 is 11.8 Å². The zero-order chi connectivity index (χ0) is 23.3. The van der Waals surface area contributed by atoms with E-state index in [1.165, 1.54) is 38.5 Å². The minimum atomic E-state index is -0.0689. The molecule has 33 heavy (non-hydrogen) atoms. The number of H-pyrrole nitrogens is 1. The molecule has 0 saturated heterocycles. The molecule has 6 heteroatoms. The minimum absolute atomic E-state index is 0.0281. The van der Waals surface area contributed by atoms with E-state index in [0.29, 0.717) is 24.2 Å². The highest BCUT2D eigenvalue weighted by Crippen LogP contribution is 2.23. The number of nitrogens with zero attached hydrogens (tertiary/aromatic N) is 1. The standard InChI is InChI=1S/C27H34N2O3S/c1-2-32-25(30)16-12-7-5-3-4-6-8-13-19-33-27-28-23-18-17-22(20-24(23)29-27)26(31)21-14-10-9-11-15-21/h9-11,14-15,17-18,20H,2-8,12-13,16,19H2,1H3,(H,28,29). The zero-order valence-corrected chi connectivity index (χ0v) is 20.3. The highest BCUT2D eigenvalue weighted by molar-refractivity contribution is 7.99. The number of carbonyl (C=O) groups excluding carboxylic acids is 2. The van der Waals surface area contributed by atoms with Crippen molar-refractivity contribution in [1.82, 2.24) is 9.97 Å².